The van der Waals surface area contributed by atoms with Gasteiger partial charge in [0.2, 0.25) is 0 Å². The molecule has 20 heavy (non-hydrogen) atoms. The van der Waals surface area contributed by atoms with Crippen LogP contribution >= 0.6 is 0 Å². The molecule has 0 saturated carbocycles. The lowest BCUT2D eigenvalue weighted by atomic mass is 10.1. The molecule has 2 heterocycles. The largest absolute Gasteiger partial charge is 0.454 e. The normalized spacial score (nSPS) is 10.8. The second kappa shape index (κ2) is 6.27. The fourth-order valence-electron chi connectivity index (χ4n) is 1.84. The first-order valence-electron chi connectivity index (χ1n) is 6.54. The minimum absolute atomic E-state index is 0.0274. The zero-order chi connectivity index (χ0) is 14.5. The molecule has 0 radical (unpaired) electrons. The number of hydrogen-bond donors (Lipinski definition) is 0. The molecule has 0 aromatic carbocycles. The summed E-state index contributed by atoms with van der Waals surface area (Å²) >= 11 is 0. The molecule has 2 aromatic rings. The molecule has 0 bridgehead atoms. The highest BCUT2D eigenvalue weighted by Crippen LogP contribution is 2.15. The summed E-state index contributed by atoms with van der Waals surface area (Å²) in [5.41, 5.74) is 0.989. The Morgan fingerprint density at radius 1 is 1.40 bits per heavy atom. The molecule has 0 aliphatic carbocycles. The number of tetrazole rings is 1. The first kappa shape index (κ1) is 14.2. The second-order valence-corrected chi connectivity index (χ2v) is 4.31. The van der Waals surface area contributed by atoms with Crippen molar-refractivity contribution in [1.29, 1.82) is 0 Å². The maximum Gasteiger partial charge on any atom is 0.344 e. The molecular weight excluding hydrogens is 262 g/mol. The number of aromatic nitrogens is 5. The van der Waals surface area contributed by atoms with Gasteiger partial charge in [-0.25, -0.2) is 9.48 Å². The van der Waals surface area contributed by atoms with E-state index in [0.717, 1.165) is 6.42 Å². The van der Waals surface area contributed by atoms with Gasteiger partial charge in [-0.1, -0.05) is 19.0 Å². The number of ether oxygens (including phenoxy) is 1. The van der Waals surface area contributed by atoms with Crippen molar-refractivity contribution in [1.82, 2.24) is 25.4 Å². The van der Waals surface area contributed by atoms with Crippen LogP contribution in [-0.2, 0) is 24.3 Å². The lowest BCUT2D eigenvalue weighted by molar-refractivity contribution is 0.0453. The van der Waals surface area contributed by atoms with Crippen LogP contribution in [0.15, 0.2) is 4.52 Å². The Morgan fingerprint density at radius 3 is 2.90 bits per heavy atom. The molecular formula is C12H17N5O3. The molecule has 0 atom stereocenters. The lowest BCUT2D eigenvalue weighted by Crippen LogP contribution is -2.12. The predicted octanol–water partition coefficient (Wildman–Crippen LogP) is 1.30. The minimum Gasteiger partial charge on any atom is -0.454 e. The van der Waals surface area contributed by atoms with Crippen molar-refractivity contribution in [2.45, 2.75) is 46.8 Å². The summed E-state index contributed by atoms with van der Waals surface area (Å²) in [6.45, 7) is 6.32. The van der Waals surface area contributed by atoms with Crippen molar-refractivity contribution >= 4 is 5.97 Å². The summed E-state index contributed by atoms with van der Waals surface area (Å²) in [5.74, 6) is 0.513. The van der Waals surface area contributed by atoms with E-state index in [9.17, 15) is 4.79 Å². The third-order valence-corrected chi connectivity index (χ3v) is 2.85. The van der Waals surface area contributed by atoms with E-state index in [-0.39, 0.29) is 6.61 Å². The van der Waals surface area contributed by atoms with Gasteiger partial charge >= 0.3 is 5.97 Å². The van der Waals surface area contributed by atoms with Gasteiger partial charge in [-0.2, -0.15) is 0 Å². The maximum atomic E-state index is 12.1. The van der Waals surface area contributed by atoms with Gasteiger partial charge in [0.15, 0.2) is 12.4 Å². The predicted molar refractivity (Wildman–Crippen MR) is 67.8 cm³/mol. The zero-order valence-electron chi connectivity index (χ0n) is 11.8. The molecule has 0 aliphatic rings. The monoisotopic (exact) mass is 279 g/mol. The molecule has 0 aliphatic heterocycles. The van der Waals surface area contributed by atoms with Gasteiger partial charge < -0.3 is 9.26 Å². The number of nitrogens with zero attached hydrogens (tertiary/aromatic N) is 5. The minimum atomic E-state index is -0.466. The summed E-state index contributed by atoms with van der Waals surface area (Å²) in [6.07, 6.45) is 1.51. The molecule has 0 spiro atoms. The van der Waals surface area contributed by atoms with E-state index in [1.54, 1.807) is 11.6 Å². The van der Waals surface area contributed by atoms with Crippen molar-refractivity contribution in [2.75, 3.05) is 0 Å². The van der Waals surface area contributed by atoms with Crippen molar-refractivity contribution in [3.63, 3.8) is 0 Å². The Bertz CT molecular complexity index is 590. The summed E-state index contributed by atoms with van der Waals surface area (Å²) in [4.78, 5) is 12.1. The number of esters is 1. The van der Waals surface area contributed by atoms with E-state index in [1.165, 1.54) is 0 Å². The van der Waals surface area contributed by atoms with Gasteiger partial charge in [-0.15, -0.1) is 5.10 Å². The number of hydrogen-bond acceptors (Lipinski definition) is 7. The van der Waals surface area contributed by atoms with Gasteiger partial charge in [0, 0.05) is 6.54 Å². The molecule has 0 amide bonds. The Hall–Kier alpha value is -2.25. The molecule has 8 heteroatoms. The molecule has 0 N–H and O–H groups in total. The molecule has 2 aromatic heterocycles. The number of rotatable bonds is 6. The SMILES string of the molecule is CCCn1nnnc1COC(=O)c1c(CC)noc1C. The first-order valence-corrected chi connectivity index (χ1v) is 6.54. The van der Waals surface area contributed by atoms with Gasteiger partial charge in [0.05, 0.1) is 5.69 Å². The third kappa shape index (κ3) is 2.84. The Morgan fingerprint density at radius 2 is 2.20 bits per heavy atom. The fourth-order valence-corrected chi connectivity index (χ4v) is 1.84. The van der Waals surface area contributed by atoms with Crippen molar-refractivity contribution in [3.8, 4) is 0 Å². The van der Waals surface area contributed by atoms with Crippen LogP contribution in [0.5, 0.6) is 0 Å². The lowest BCUT2D eigenvalue weighted by Gasteiger charge is -2.05. The highest BCUT2D eigenvalue weighted by Gasteiger charge is 2.21. The average molecular weight is 279 g/mol. The van der Waals surface area contributed by atoms with Crippen LogP contribution in [-0.4, -0.2) is 31.3 Å². The molecule has 2 rings (SSSR count). The van der Waals surface area contributed by atoms with Crippen LogP contribution in [0.3, 0.4) is 0 Å². The van der Waals surface area contributed by atoms with E-state index < -0.39 is 5.97 Å². The smallest absolute Gasteiger partial charge is 0.344 e. The Kier molecular flexibility index (Phi) is 4.44. The van der Waals surface area contributed by atoms with Gasteiger partial charge in [-0.3, -0.25) is 0 Å². The van der Waals surface area contributed by atoms with E-state index in [4.69, 9.17) is 9.26 Å². The molecule has 8 nitrogen and oxygen atoms in total. The van der Waals surface area contributed by atoms with E-state index in [1.807, 2.05) is 13.8 Å². The molecule has 0 unspecified atom stereocenters. The van der Waals surface area contributed by atoms with Crippen LogP contribution in [0, 0.1) is 6.92 Å². The topological polar surface area (TPSA) is 95.9 Å². The van der Waals surface area contributed by atoms with Crippen molar-refractivity contribution in [2.24, 2.45) is 0 Å². The quantitative estimate of drug-likeness (QED) is 0.735. The summed E-state index contributed by atoms with van der Waals surface area (Å²) in [7, 11) is 0. The summed E-state index contributed by atoms with van der Waals surface area (Å²) in [5, 5.41) is 15.1. The van der Waals surface area contributed by atoms with E-state index >= 15 is 0 Å². The van der Waals surface area contributed by atoms with Gasteiger partial charge in [0.1, 0.15) is 11.3 Å². The first-order chi connectivity index (χ1) is 9.67. The summed E-state index contributed by atoms with van der Waals surface area (Å²) in [6, 6.07) is 0. The van der Waals surface area contributed by atoms with Crippen LogP contribution in [0.4, 0.5) is 0 Å². The molecule has 108 valence electrons. The Balaban J connectivity index is 2.05. The van der Waals surface area contributed by atoms with Crippen LogP contribution in [0.2, 0.25) is 0 Å². The number of carbonyl (C=O) groups excluding carboxylic acids is 1. The van der Waals surface area contributed by atoms with Crippen LogP contribution in [0.25, 0.3) is 0 Å². The fraction of sp³-hybridized carbons (Fsp3) is 0.583. The van der Waals surface area contributed by atoms with Gasteiger partial charge in [0.25, 0.3) is 0 Å². The van der Waals surface area contributed by atoms with Crippen LogP contribution < -0.4 is 0 Å². The van der Waals surface area contributed by atoms with Crippen molar-refractivity contribution < 1.29 is 14.1 Å². The highest BCUT2D eigenvalue weighted by atomic mass is 16.5. The zero-order valence-corrected chi connectivity index (χ0v) is 11.8. The number of aryl methyl sites for hydroxylation is 3. The van der Waals surface area contributed by atoms with Crippen LogP contribution in [0.1, 0.15) is 47.9 Å². The second-order valence-electron chi connectivity index (χ2n) is 4.31. The number of carbonyl (C=O) groups is 1. The Labute approximate surface area is 116 Å². The average Bonchev–Trinajstić information content (AvgIpc) is 3.03. The highest BCUT2D eigenvalue weighted by molar-refractivity contribution is 5.91. The summed E-state index contributed by atoms with van der Waals surface area (Å²) < 4.78 is 11.9. The maximum absolute atomic E-state index is 12.1. The van der Waals surface area contributed by atoms with Crippen molar-refractivity contribution in [3.05, 3.63) is 22.8 Å². The van der Waals surface area contributed by atoms with E-state index in [0.29, 0.717) is 35.8 Å². The van der Waals surface area contributed by atoms with E-state index in [2.05, 4.69) is 20.7 Å². The molecule has 0 saturated heterocycles. The standard InChI is InChI=1S/C12H17N5O3/c1-4-6-17-10(13-15-16-17)7-19-12(18)11-8(3)20-14-9(11)5-2/h4-7H2,1-3H3. The van der Waals surface area contributed by atoms with Gasteiger partial charge in [-0.05, 0) is 30.2 Å². The molecule has 0 fully saturated rings. The third-order valence-electron chi connectivity index (χ3n) is 2.85.